The van der Waals surface area contributed by atoms with Crippen LogP contribution in [-0.4, -0.2) is 33.1 Å². The Kier molecular flexibility index (Phi) is 16.4. The quantitative estimate of drug-likeness (QED) is 0.138. The summed E-state index contributed by atoms with van der Waals surface area (Å²) in [4.78, 5) is 0.316. The van der Waals surface area contributed by atoms with Gasteiger partial charge >= 0.3 is 194 Å². The number of hydrogen-bond acceptors (Lipinski definition) is 3. The molecule has 0 aliphatic rings. The maximum absolute atomic E-state index is 13.5. The molecule has 0 aliphatic heterocycles. The molecule has 0 aromatic heterocycles. The molecule has 0 spiro atoms. The van der Waals surface area contributed by atoms with Gasteiger partial charge in [0.1, 0.15) is 0 Å². The zero-order valence-corrected chi connectivity index (χ0v) is 23.7. The van der Waals surface area contributed by atoms with Crippen molar-refractivity contribution < 1.29 is 12.4 Å². The van der Waals surface area contributed by atoms with E-state index >= 15 is 0 Å². The first kappa shape index (κ1) is 31.9. The summed E-state index contributed by atoms with van der Waals surface area (Å²) in [5.74, 6) is 0. The molecular weight excluding hydrogens is 459 g/mol. The van der Waals surface area contributed by atoms with Crippen molar-refractivity contribution in [2.75, 3.05) is 24.6 Å². The molecule has 32 heavy (non-hydrogen) atoms. The van der Waals surface area contributed by atoms with Crippen LogP contribution in [0.25, 0.3) is 0 Å². The van der Waals surface area contributed by atoms with Gasteiger partial charge in [0.2, 0.25) is 0 Å². The first-order chi connectivity index (χ1) is 14.9. The first-order valence-corrected chi connectivity index (χ1v) is 17.2. The van der Waals surface area contributed by atoms with Gasteiger partial charge in [-0.15, -0.1) is 12.4 Å². The fraction of sp³-hybridized carbons (Fsp3) is 0.769. The smallest absolute Gasteiger partial charge is 0.147 e. The van der Waals surface area contributed by atoms with Gasteiger partial charge in [-0.25, -0.2) is 0 Å². The first-order valence-electron chi connectivity index (χ1n) is 12.9. The average molecular weight is 509 g/mol. The molecule has 190 valence electrons. The molecule has 0 saturated heterocycles. The largest absolute Gasteiger partial charge is 0.147 e. The van der Waals surface area contributed by atoms with Crippen molar-refractivity contribution in [1.29, 1.82) is 0 Å². The molecule has 0 radical (unpaired) electrons. The van der Waals surface area contributed by atoms with Gasteiger partial charge in [0.05, 0.1) is 0 Å². The van der Waals surface area contributed by atoms with Crippen molar-refractivity contribution in [3.8, 4) is 0 Å². The van der Waals surface area contributed by atoms with Crippen molar-refractivity contribution in [2.45, 2.75) is 110 Å². The number of unbranched alkanes of at least 4 members (excludes halogenated alkanes) is 8. The van der Waals surface area contributed by atoms with Crippen LogP contribution in [0.2, 0.25) is 0 Å². The van der Waals surface area contributed by atoms with E-state index in [4.69, 9.17) is 3.97 Å². The van der Waals surface area contributed by atoms with Crippen LogP contribution >= 0.6 is 19.2 Å². The number of benzene rings is 1. The van der Waals surface area contributed by atoms with Crippen LogP contribution in [0.1, 0.15) is 105 Å². The third-order valence-electron chi connectivity index (χ3n) is 6.65. The summed E-state index contributed by atoms with van der Waals surface area (Å²) >= 11 is 0. The van der Waals surface area contributed by atoms with Crippen molar-refractivity contribution >= 4 is 29.4 Å². The Morgan fingerprint density at radius 2 is 1.03 bits per heavy atom. The summed E-state index contributed by atoms with van der Waals surface area (Å²) in [5.41, 5.74) is 0. The van der Waals surface area contributed by atoms with Crippen molar-refractivity contribution in [2.24, 2.45) is 0 Å². The molecule has 6 heteroatoms. The molecule has 0 bridgehead atoms. The standard InChI is InChI=1S/C26H49O3PS.ClH/c1-5-9-13-14-15-19-25-30(22-10-6-2,23-11-7-3,24-12-8-4)29-31(27,28)26-20-17-16-18-21-26;/h16-18,20-21H,5-15,19,22-25H2,1-4H3;1H. The molecule has 0 N–H and O–H groups in total. The minimum atomic E-state index is -3.76. The topological polar surface area (TPSA) is 43.4 Å². The zero-order valence-electron chi connectivity index (χ0n) is 21.2. The Labute approximate surface area is 206 Å². The van der Waals surface area contributed by atoms with E-state index in [1.165, 1.54) is 32.1 Å². The van der Waals surface area contributed by atoms with Crippen molar-refractivity contribution in [3.05, 3.63) is 30.3 Å². The van der Waals surface area contributed by atoms with Gasteiger partial charge in [-0.2, -0.15) is 0 Å². The van der Waals surface area contributed by atoms with Crippen LogP contribution in [0.4, 0.5) is 0 Å². The number of hydrogen-bond donors (Lipinski definition) is 0. The molecule has 0 saturated carbocycles. The molecule has 1 aromatic rings. The fourth-order valence-corrected chi connectivity index (χ4v) is 14.7. The fourth-order valence-electron chi connectivity index (χ4n) is 4.69. The second kappa shape index (κ2) is 16.5. The summed E-state index contributed by atoms with van der Waals surface area (Å²) in [6, 6.07) is 8.82. The monoisotopic (exact) mass is 508 g/mol. The van der Waals surface area contributed by atoms with E-state index in [-0.39, 0.29) is 12.4 Å². The van der Waals surface area contributed by atoms with E-state index in [1.54, 1.807) is 24.3 Å². The van der Waals surface area contributed by atoms with Crippen LogP contribution in [0, 0.1) is 0 Å². The summed E-state index contributed by atoms with van der Waals surface area (Å²) in [6.45, 7) is 5.99. The minimum absolute atomic E-state index is 0. The Morgan fingerprint density at radius 3 is 1.50 bits per heavy atom. The molecule has 0 heterocycles. The van der Waals surface area contributed by atoms with Crippen LogP contribution in [-0.2, 0) is 14.1 Å². The molecule has 0 unspecified atom stereocenters. The predicted molar refractivity (Wildman–Crippen MR) is 146 cm³/mol. The van der Waals surface area contributed by atoms with Gasteiger partial charge in [0.15, 0.2) is 0 Å². The van der Waals surface area contributed by atoms with Crippen LogP contribution in [0.5, 0.6) is 0 Å². The van der Waals surface area contributed by atoms with Gasteiger partial charge in [-0.1, -0.05) is 0 Å². The number of halogens is 1. The van der Waals surface area contributed by atoms with E-state index in [1.807, 2.05) is 6.07 Å². The summed E-state index contributed by atoms with van der Waals surface area (Å²) in [5, 5.41) is 0. The number of rotatable bonds is 19. The van der Waals surface area contributed by atoms with E-state index in [2.05, 4.69) is 27.7 Å². The average Bonchev–Trinajstić information content (AvgIpc) is 2.78. The van der Waals surface area contributed by atoms with E-state index < -0.39 is 16.9 Å². The third kappa shape index (κ3) is 10.4. The SMILES string of the molecule is CCCCCCCCP(CCCC)(CCCC)(CCCC)OS(=O)(=O)c1ccccc1.Cl. The molecule has 0 fully saturated rings. The molecule has 0 amide bonds. The molecule has 0 aliphatic carbocycles. The van der Waals surface area contributed by atoms with Gasteiger partial charge in [-0.3, -0.25) is 0 Å². The molecule has 0 atom stereocenters. The maximum Gasteiger partial charge on any atom is -0.147 e. The van der Waals surface area contributed by atoms with Crippen LogP contribution in [0.15, 0.2) is 35.2 Å². The normalized spacial score (nSPS) is 13.3. The summed E-state index contributed by atoms with van der Waals surface area (Å²) < 4.78 is 33.7. The third-order valence-corrected chi connectivity index (χ3v) is 15.8. The van der Waals surface area contributed by atoms with Gasteiger partial charge in [0, 0.05) is 0 Å². The Bertz CT molecular complexity index is 670. The van der Waals surface area contributed by atoms with Crippen molar-refractivity contribution in [1.82, 2.24) is 0 Å². The van der Waals surface area contributed by atoms with E-state index in [9.17, 15) is 8.42 Å². The van der Waals surface area contributed by atoms with E-state index in [0.29, 0.717) is 4.90 Å². The molecular formula is C26H50ClO3PS. The van der Waals surface area contributed by atoms with Crippen LogP contribution in [0.3, 0.4) is 0 Å². The van der Waals surface area contributed by atoms with Gasteiger partial charge < -0.3 is 0 Å². The van der Waals surface area contributed by atoms with Crippen molar-refractivity contribution in [3.63, 3.8) is 0 Å². The van der Waals surface area contributed by atoms with Crippen LogP contribution < -0.4 is 0 Å². The van der Waals surface area contributed by atoms with Gasteiger partial charge in [0.25, 0.3) is 0 Å². The van der Waals surface area contributed by atoms with Gasteiger partial charge in [-0.05, 0) is 0 Å². The Hall–Kier alpha value is -0.150. The second-order valence-corrected chi connectivity index (χ2v) is 16.9. The predicted octanol–water partition coefficient (Wildman–Crippen LogP) is 9.04. The molecule has 1 aromatic carbocycles. The zero-order chi connectivity index (χ0) is 23.1. The minimum Gasteiger partial charge on any atom is -0.147 e. The Morgan fingerprint density at radius 1 is 0.625 bits per heavy atom. The molecule has 3 nitrogen and oxygen atoms in total. The van der Waals surface area contributed by atoms with E-state index in [0.717, 1.165) is 69.6 Å². The Balaban J connectivity index is 0.00000961. The second-order valence-electron chi connectivity index (χ2n) is 9.42. The summed E-state index contributed by atoms with van der Waals surface area (Å²) in [7, 11) is -3.76. The molecule has 1 rings (SSSR count). The summed E-state index contributed by atoms with van der Waals surface area (Å²) in [6.07, 6.45) is 17.7. The maximum atomic E-state index is 13.5.